The Morgan fingerprint density at radius 2 is 1.18 bits per heavy atom. The summed E-state index contributed by atoms with van der Waals surface area (Å²) in [6.07, 6.45) is 3.29. The van der Waals surface area contributed by atoms with Crippen molar-refractivity contribution in [2.45, 2.75) is 62.7 Å². The molecule has 4 N–H and O–H groups in total. The third-order valence-corrected chi connectivity index (χ3v) is 13.2. The molecule has 0 unspecified atom stereocenters. The van der Waals surface area contributed by atoms with E-state index in [1.807, 2.05) is 35.1 Å². The molecule has 1 amide bonds. The van der Waals surface area contributed by atoms with Crippen LogP contribution in [0.4, 0.5) is 20.4 Å². The van der Waals surface area contributed by atoms with Crippen molar-refractivity contribution in [2.75, 3.05) is 25.1 Å². The molecule has 0 saturated heterocycles. The number of pyridine rings is 2. The second-order valence-electron chi connectivity index (χ2n) is 14.3. The maximum absolute atomic E-state index is 14.5. The van der Waals surface area contributed by atoms with Crippen molar-refractivity contribution in [2.24, 2.45) is 0 Å². The number of nitrogens with one attached hydrogen (secondary N) is 1. The van der Waals surface area contributed by atoms with Crippen LogP contribution in [0.3, 0.4) is 0 Å². The Morgan fingerprint density at radius 3 is 1.66 bits per heavy atom. The number of aromatic carboxylic acids is 1. The lowest BCUT2D eigenvalue weighted by Gasteiger charge is -2.11. The fourth-order valence-corrected chi connectivity index (χ4v) is 8.97. The van der Waals surface area contributed by atoms with E-state index in [2.05, 4.69) is 49.5 Å². The van der Waals surface area contributed by atoms with Crippen molar-refractivity contribution >= 4 is 43.6 Å². The van der Waals surface area contributed by atoms with Gasteiger partial charge < -0.3 is 25.3 Å². The van der Waals surface area contributed by atoms with Crippen molar-refractivity contribution in [3.63, 3.8) is 0 Å². The largest absolute Gasteiger partial charge is 0.478 e. The number of carbonyl (C=O) groups is 2. The highest BCUT2D eigenvalue weighted by Gasteiger charge is 2.35. The van der Waals surface area contributed by atoms with Gasteiger partial charge in [0.25, 0.3) is 5.91 Å². The van der Waals surface area contributed by atoms with Crippen LogP contribution in [0.25, 0.3) is 23.0 Å². The lowest BCUT2D eigenvalue weighted by atomic mass is 10.1. The monoisotopic (exact) mass is 878 g/mol. The Bertz CT molecular complexity index is 2890. The van der Waals surface area contributed by atoms with E-state index in [1.54, 1.807) is 36.9 Å². The first-order chi connectivity index (χ1) is 28.7. The van der Waals surface area contributed by atoms with Crippen LogP contribution in [-0.4, -0.2) is 96.0 Å². The van der Waals surface area contributed by atoms with E-state index < -0.39 is 49.1 Å². The molecule has 23 heteroatoms. The van der Waals surface area contributed by atoms with E-state index in [4.69, 9.17) is 10.8 Å². The predicted molar refractivity (Wildman–Crippen MR) is 217 cm³/mol. The molecule has 0 saturated carbocycles. The van der Waals surface area contributed by atoms with Gasteiger partial charge in [-0.05, 0) is 87.4 Å². The van der Waals surface area contributed by atoms with Crippen LogP contribution >= 0.6 is 0 Å². The third-order valence-electron chi connectivity index (χ3n) is 9.42. The highest BCUT2D eigenvalue weighted by molar-refractivity contribution is 7.89. The molecule has 2 aliphatic heterocycles. The van der Waals surface area contributed by atoms with Crippen LogP contribution < -0.4 is 11.1 Å². The molecule has 2 aromatic carbocycles. The standard InChI is InChI=1S/C19H19FN6O3S.C10H13N5.C9H8FNO4S/c1-11(2)26-10-21-24-18(26)15-5-4-6-17(22-15)23-19(27)13-8-16-12(7-14(13)20)9-25(3)30(16,28)29;1-7(2)15-6-12-14-10(15)8-4-3-5-9(11)13-8;1-11-4-5-2-7(10)6(9(12)13)3-8(5)16(11,14)15/h4-8,10-11H,9H2,1-3H3,(H,22,23,27);3-7H,1-2H3,(H2,11,13);2-3H,4H2,1H3,(H,12,13). The summed E-state index contributed by atoms with van der Waals surface area (Å²) < 4.78 is 81.8. The zero-order valence-electron chi connectivity index (χ0n) is 33.5. The number of sulfonamides is 2. The fraction of sp³-hybridized carbons (Fsp3) is 0.263. The summed E-state index contributed by atoms with van der Waals surface area (Å²) in [6, 6.07) is 14.8. The minimum absolute atomic E-state index is 0.0640. The van der Waals surface area contributed by atoms with Crippen molar-refractivity contribution in [3.8, 4) is 23.0 Å². The molecule has 61 heavy (non-hydrogen) atoms. The number of nitrogens with zero attached hydrogens (tertiary/aromatic N) is 10. The number of aromatic nitrogens is 8. The van der Waals surface area contributed by atoms with E-state index in [1.165, 1.54) is 14.1 Å². The molecule has 2 aliphatic rings. The van der Waals surface area contributed by atoms with Crippen LogP contribution in [0, 0.1) is 11.6 Å². The SMILES string of the molecule is CC(C)n1cnnc1-c1cccc(N)n1.CC(C)n1cnnc1-c1cccc(NC(=O)c2cc3c(cc2F)CN(C)S3(=O)=O)n1.CN1Cc2cc(F)c(C(=O)O)cc2S1(=O)=O. The predicted octanol–water partition coefficient (Wildman–Crippen LogP) is 4.61. The minimum Gasteiger partial charge on any atom is -0.478 e. The van der Waals surface area contributed by atoms with Crippen molar-refractivity contribution in [3.05, 3.63) is 107 Å². The third kappa shape index (κ3) is 8.99. The van der Waals surface area contributed by atoms with Crippen molar-refractivity contribution in [1.82, 2.24) is 48.1 Å². The van der Waals surface area contributed by atoms with Gasteiger partial charge in [0.2, 0.25) is 20.0 Å². The highest BCUT2D eigenvalue weighted by atomic mass is 32.2. The molecular weight excluding hydrogens is 839 g/mol. The second-order valence-corrected chi connectivity index (χ2v) is 18.4. The van der Waals surface area contributed by atoms with Gasteiger partial charge in [-0.15, -0.1) is 20.4 Å². The number of rotatable bonds is 7. The molecule has 8 rings (SSSR count). The summed E-state index contributed by atoms with van der Waals surface area (Å²) in [5.41, 5.74) is 6.46. The number of carbonyl (C=O) groups excluding carboxylic acids is 1. The number of hydrogen-bond acceptors (Lipinski definition) is 13. The molecule has 6 heterocycles. The quantitative estimate of drug-likeness (QED) is 0.198. The van der Waals surface area contributed by atoms with Gasteiger partial charge in [-0.3, -0.25) is 4.79 Å². The smallest absolute Gasteiger partial charge is 0.338 e. The van der Waals surface area contributed by atoms with E-state index in [9.17, 15) is 35.2 Å². The van der Waals surface area contributed by atoms with Gasteiger partial charge in [0.15, 0.2) is 11.6 Å². The van der Waals surface area contributed by atoms with Crippen molar-refractivity contribution < 1.29 is 40.3 Å². The number of halogens is 2. The number of fused-ring (bicyclic) bond motifs is 2. The average Bonchev–Trinajstić information content (AvgIpc) is 3.97. The van der Waals surface area contributed by atoms with E-state index >= 15 is 0 Å². The molecule has 0 radical (unpaired) electrons. The zero-order chi connectivity index (χ0) is 44.6. The Hall–Kier alpha value is -6.56. The Morgan fingerprint density at radius 1 is 0.721 bits per heavy atom. The first-order valence-corrected chi connectivity index (χ1v) is 21.2. The molecule has 19 nitrogen and oxygen atoms in total. The minimum atomic E-state index is -3.73. The van der Waals surface area contributed by atoms with E-state index in [0.717, 1.165) is 44.4 Å². The first kappa shape index (κ1) is 44.0. The maximum Gasteiger partial charge on any atom is 0.338 e. The molecule has 0 fully saturated rings. The van der Waals surface area contributed by atoms with Gasteiger partial charge in [-0.25, -0.2) is 40.4 Å². The Balaban J connectivity index is 0.000000169. The number of nitrogens with two attached hydrogens (primary N) is 1. The molecule has 0 aliphatic carbocycles. The second kappa shape index (κ2) is 17.2. The number of nitrogen functional groups attached to an aromatic ring is 1. The van der Waals surface area contributed by atoms with Crippen LogP contribution in [0.1, 0.15) is 71.6 Å². The maximum atomic E-state index is 14.5. The summed E-state index contributed by atoms with van der Waals surface area (Å²) >= 11 is 0. The summed E-state index contributed by atoms with van der Waals surface area (Å²) in [5.74, 6) is -2.05. The van der Waals surface area contributed by atoms with Gasteiger partial charge in [0.1, 0.15) is 47.3 Å². The topological polar surface area (TPSA) is 254 Å². The van der Waals surface area contributed by atoms with E-state index in [-0.39, 0.29) is 45.9 Å². The molecule has 0 spiro atoms. The number of carboxylic acid groups (broad SMARTS) is 1. The molecule has 0 bridgehead atoms. The molecule has 6 aromatic rings. The van der Waals surface area contributed by atoms with Crippen molar-refractivity contribution in [1.29, 1.82) is 0 Å². The number of amides is 1. The average molecular weight is 879 g/mol. The van der Waals surface area contributed by atoms with Crippen LogP contribution in [0.2, 0.25) is 0 Å². The number of anilines is 2. The van der Waals surface area contributed by atoms with Gasteiger partial charge in [0, 0.05) is 39.3 Å². The summed E-state index contributed by atoms with van der Waals surface area (Å²) in [7, 11) is -4.62. The molecule has 320 valence electrons. The van der Waals surface area contributed by atoms with Gasteiger partial charge >= 0.3 is 5.97 Å². The normalized spacial score (nSPS) is 15.0. The van der Waals surface area contributed by atoms with Crippen LogP contribution in [-0.2, 0) is 33.1 Å². The summed E-state index contributed by atoms with van der Waals surface area (Å²) in [5, 5.41) is 27.1. The lowest BCUT2D eigenvalue weighted by molar-refractivity contribution is 0.0691. The number of hydrogen-bond donors (Lipinski definition) is 3. The van der Waals surface area contributed by atoms with E-state index in [0.29, 0.717) is 28.9 Å². The Labute approximate surface area is 349 Å². The Kier molecular flexibility index (Phi) is 12.4. The molecular formula is C38H40F2N12O7S2. The van der Waals surface area contributed by atoms with Gasteiger partial charge in [-0.1, -0.05) is 12.1 Å². The number of carboxylic acids is 1. The fourth-order valence-electron chi connectivity index (χ4n) is 6.24. The molecule has 4 aromatic heterocycles. The van der Waals surface area contributed by atoms with Crippen LogP contribution in [0.5, 0.6) is 0 Å². The summed E-state index contributed by atoms with van der Waals surface area (Å²) in [4.78, 5) is 31.7. The van der Waals surface area contributed by atoms with Gasteiger partial charge in [0.05, 0.1) is 20.9 Å². The van der Waals surface area contributed by atoms with Gasteiger partial charge in [-0.2, -0.15) is 8.61 Å². The first-order valence-electron chi connectivity index (χ1n) is 18.3. The lowest BCUT2D eigenvalue weighted by Crippen LogP contribution is -2.19. The zero-order valence-corrected chi connectivity index (χ0v) is 35.1. The summed E-state index contributed by atoms with van der Waals surface area (Å²) in [6.45, 7) is 8.21. The number of benzene rings is 2. The molecule has 0 atom stereocenters. The van der Waals surface area contributed by atoms with Crippen LogP contribution in [0.15, 0.2) is 83.1 Å². The highest BCUT2D eigenvalue weighted by Crippen LogP contribution is 2.32.